The number of carbonyl (C=O) groups is 3. The molecule has 0 heterocycles. The normalized spacial score (nSPS) is 12.7. The van der Waals surface area contributed by atoms with E-state index in [2.05, 4.69) is 10.6 Å². The van der Waals surface area contributed by atoms with Crippen molar-refractivity contribution in [1.82, 2.24) is 10.2 Å². The molecular formula is C35H39N3O4. The van der Waals surface area contributed by atoms with E-state index >= 15 is 0 Å². The predicted octanol–water partition coefficient (Wildman–Crippen LogP) is 6.73. The zero-order valence-electron chi connectivity index (χ0n) is 25.1. The van der Waals surface area contributed by atoms with Crippen LogP contribution in [0.4, 0.5) is 10.5 Å². The molecule has 0 bridgehead atoms. The van der Waals surface area contributed by atoms with E-state index in [1.807, 2.05) is 105 Å². The van der Waals surface area contributed by atoms with Crippen LogP contribution in [0.2, 0.25) is 0 Å². The number of ether oxygens (including phenoxy) is 1. The van der Waals surface area contributed by atoms with Gasteiger partial charge in [-0.1, -0.05) is 78.9 Å². The van der Waals surface area contributed by atoms with Gasteiger partial charge in [0.1, 0.15) is 17.7 Å². The molecule has 7 nitrogen and oxygen atoms in total. The molecule has 0 aliphatic rings. The molecular weight excluding hydrogens is 526 g/mol. The fourth-order valence-corrected chi connectivity index (χ4v) is 4.95. The van der Waals surface area contributed by atoms with Gasteiger partial charge in [0.05, 0.1) is 0 Å². The summed E-state index contributed by atoms with van der Waals surface area (Å²) < 4.78 is 5.48. The Bertz CT molecular complexity index is 1580. The molecule has 42 heavy (non-hydrogen) atoms. The number of nitrogens with one attached hydrogen (secondary N) is 2. The number of rotatable bonds is 8. The Balaban J connectivity index is 1.69. The van der Waals surface area contributed by atoms with E-state index in [4.69, 9.17) is 4.74 Å². The van der Waals surface area contributed by atoms with Gasteiger partial charge in [0, 0.05) is 19.2 Å². The average Bonchev–Trinajstić information content (AvgIpc) is 2.94. The van der Waals surface area contributed by atoms with E-state index in [0.29, 0.717) is 11.3 Å². The highest BCUT2D eigenvalue weighted by Crippen LogP contribution is 2.28. The molecule has 4 rings (SSSR count). The van der Waals surface area contributed by atoms with Gasteiger partial charge in [-0.2, -0.15) is 0 Å². The fraction of sp³-hybridized carbons (Fsp3) is 0.286. The van der Waals surface area contributed by atoms with Gasteiger partial charge >= 0.3 is 6.09 Å². The first kappa shape index (κ1) is 30.3. The Morgan fingerprint density at radius 2 is 1.50 bits per heavy atom. The van der Waals surface area contributed by atoms with Gasteiger partial charge in [-0.25, -0.2) is 4.79 Å². The van der Waals surface area contributed by atoms with Gasteiger partial charge in [0.15, 0.2) is 0 Å². The first-order valence-electron chi connectivity index (χ1n) is 14.1. The van der Waals surface area contributed by atoms with Crippen LogP contribution in [0.5, 0.6) is 0 Å². The Morgan fingerprint density at radius 1 is 0.833 bits per heavy atom. The molecule has 2 N–H and O–H groups in total. The minimum atomic E-state index is -0.965. The zero-order chi connectivity index (χ0) is 30.4. The van der Waals surface area contributed by atoms with Crippen molar-refractivity contribution in [3.05, 3.63) is 113 Å². The molecule has 0 aliphatic heterocycles. The SMILES string of the molecule is Cc1cccc(C(C(=O)Nc2ccc3ccccc3c2)N(C)C(=O)C(Cc2ccccc2)NC(=O)OC(C)(C)C)c1C. The maximum atomic E-state index is 14.2. The van der Waals surface area contributed by atoms with Crippen molar-refractivity contribution in [3.8, 4) is 0 Å². The number of likely N-dealkylation sites (N-methyl/N-ethyl adjacent to an activating group) is 1. The van der Waals surface area contributed by atoms with Crippen molar-refractivity contribution in [3.63, 3.8) is 0 Å². The van der Waals surface area contributed by atoms with E-state index in [1.165, 1.54) is 4.90 Å². The van der Waals surface area contributed by atoms with Crippen LogP contribution in [0.25, 0.3) is 10.8 Å². The average molecular weight is 566 g/mol. The van der Waals surface area contributed by atoms with Crippen molar-refractivity contribution in [1.29, 1.82) is 0 Å². The van der Waals surface area contributed by atoms with Crippen LogP contribution in [0.3, 0.4) is 0 Å². The third-order valence-corrected chi connectivity index (χ3v) is 7.21. The number of aryl methyl sites for hydroxylation is 1. The lowest BCUT2D eigenvalue weighted by atomic mass is 9.95. The summed E-state index contributed by atoms with van der Waals surface area (Å²) in [5.41, 5.74) is 3.38. The maximum absolute atomic E-state index is 14.2. The zero-order valence-corrected chi connectivity index (χ0v) is 25.1. The summed E-state index contributed by atoms with van der Waals surface area (Å²) in [6, 6.07) is 26.9. The van der Waals surface area contributed by atoms with Crippen LogP contribution in [0.1, 0.15) is 49.1 Å². The first-order chi connectivity index (χ1) is 19.9. The van der Waals surface area contributed by atoms with E-state index < -0.39 is 29.7 Å². The summed E-state index contributed by atoms with van der Waals surface area (Å²) in [7, 11) is 1.60. The number of hydrogen-bond donors (Lipinski definition) is 2. The molecule has 0 fully saturated rings. The second kappa shape index (κ2) is 12.9. The smallest absolute Gasteiger partial charge is 0.408 e. The second-order valence-corrected chi connectivity index (χ2v) is 11.6. The van der Waals surface area contributed by atoms with E-state index in [0.717, 1.165) is 27.5 Å². The molecule has 0 aromatic heterocycles. The molecule has 0 radical (unpaired) electrons. The molecule has 0 saturated heterocycles. The number of hydrogen-bond acceptors (Lipinski definition) is 4. The number of amides is 3. The Morgan fingerprint density at radius 3 is 2.19 bits per heavy atom. The van der Waals surface area contributed by atoms with Crippen molar-refractivity contribution < 1.29 is 19.1 Å². The van der Waals surface area contributed by atoms with Gasteiger partial charge < -0.3 is 20.3 Å². The first-order valence-corrected chi connectivity index (χ1v) is 14.1. The summed E-state index contributed by atoms with van der Waals surface area (Å²) in [6.45, 7) is 9.21. The van der Waals surface area contributed by atoms with E-state index in [9.17, 15) is 14.4 Å². The maximum Gasteiger partial charge on any atom is 0.408 e. The highest BCUT2D eigenvalue weighted by atomic mass is 16.6. The largest absolute Gasteiger partial charge is 0.444 e. The highest BCUT2D eigenvalue weighted by molar-refractivity contribution is 6.00. The lowest BCUT2D eigenvalue weighted by molar-refractivity contribution is -0.139. The molecule has 0 aliphatic carbocycles. The molecule has 4 aromatic rings. The number of nitrogens with zero attached hydrogens (tertiary/aromatic N) is 1. The minimum absolute atomic E-state index is 0.231. The van der Waals surface area contributed by atoms with Crippen molar-refractivity contribution in [2.45, 2.75) is 58.7 Å². The molecule has 3 amide bonds. The summed E-state index contributed by atoms with van der Waals surface area (Å²) in [5.74, 6) is -0.769. The molecule has 0 saturated carbocycles. The Hall–Kier alpha value is -4.65. The highest BCUT2D eigenvalue weighted by Gasteiger charge is 2.35. The van der Waals surface area contributed by atoms with Gasteiger partial charge in [-0.15, -0.1) is 0 Å². The standard InChI is InChI=1S/C35H39N3O4/c1-23-13-12-18-29(24(23)2)31(32(39)36-28-20-19-26-16-10-11-17-27(26)22-28)38(6)33(40)30(21-25-14-8-7-9-15-25)37-34(41)42-35(3,4)5/h7-20,22,30-31H,21H2,1-6H3,(H,36,39)(H,37,41). The summed E-state index contributed by atoms with van der Waals surface area (Å²) in [4.78, 5) is 42.4. The van der Waals surface area contributed by atoms with Gasteiger partial charge in [0.2, 0.25) is 5.91 Å². The molecule has 218 valence electrons. The van der Waals surface area contributed by atoms with E-state index in [1.54, 1.807) is 27.8 Å². The molecule has 0 spiro atoms. The lowest BCUT2D eigenvalue weighted by Gasteiger charge is -2.32. The van der Waals surface area contributed by atoms with Crippen molar-refractivity contribution in [2.75, 3.05) is 12.4 Å². The molecule has 7 heteroatoms. The van der Waals surface area contributed by atoms with Crippen molar-refractivity contribution >= 4 is 34.4 Å². The quantitative estimate of drug-likeness (QED) is 0.248. The van der Waals surface area contributed by atoms with E-state index in [-0.39, 0.29) is 12.3 Å². The number of anilines is 1. The van der Waals surface area contributed by atoms with Crippen LogP contribution in [0.15, 0.2) is 91.0 Å². The minimum Gasteiger partial charge on any atom is -0.444 e. The molecule has 2 unspecified atom stereocenters. The summed E-state index contributed by atoms with van der Waals surface area (Å²) in [5, 5.41) is 7.84. The fourth-order valence-electron chi connectivity index (χ4n) is 4.95. The number of fused-ring (bicyclic) bond motifs is 1. The third-order valence-electron chi connectivity index (χ3n) is 7.21. The summed E-state index contributed by atoms with van der Waals surface area (Å²) in [6.07, 6.45) is -0.469. The van der Waals surface area contributed by atoms with Crippen LogP contribution >= 0.6 is 0 Å². The number of alkyl carbamates (subject to hydrolysis) is 1. The van der Waals surface area contributed by atoms with Crippen LogP contribution in [0, 0.1) is 13.8 Å². The number of benzene rings is 4. The van der Waals surface area contributed by atoms with Crippen LogP contribution < -0.4 is 10.6 Å². The Kier molecular flexibility index (Phi) is 9.31. The predicted molar refractivity (Wildman–Crippen MR) is 167 cm³/mol. The third kappa shape index (κ3) is 7.55. The Labute approximate surface area is 247 Å². The second-order valence-electron chi connectivity index (χ2n) is 11.6. The van der Waals surface area contributed by atoms with Gasteiger partial charge in [-0.3, -0.25) is 9.59 Å². The molecule has 2 atom stereocenters. The lowest BCUT2D eigenvalue weighted by Crippen LogP contribution is -2.52. The summed E-state index contributed by atoms with van der Waals surface area (Å²) >= 11 is 0. The topological polar surface area (TPSA) is 87.7 Å². The van der Waals surface area contributed by atoms with Gasteiger partial charge in [0.25, 0.3) is 5.91 Å². The monoisotopic (exact) mass is 565 g/mol. The van der Waals surface area contributed by atoms with Crippen molar-refractivity contribution in [2.24, 2.45) is 0 Å². The molecule has 4 aromatic carbocycles. The van der Waals surface area contributed by atoms with Crippen LogP contribution in [-0.4, -0.2) is 41.5 Å². The van der Waals surface area contributed by atoms with Crippen LogP contribution in [-0.2, 0) is 20.7 Å². The van der Waals surface area contributed by atoms with Gasteiger partial charge in [-0.05, 0) is 79.8 Å². The number of carbonyl (C=O) groups excluding carboxylic acids is 3.